The summed E-state index contributed by atoms with van der Waals surface area (Å²) in [6.45, 7) is 0.478. The maximum atomic E-state index is 13.1. The Hall–Kier alpha value is -2.67. The summed E-state index contributed by atoms with van der Waals surface area (Å²) in [7, 11) is 1.61. The summed E-state index contributed by atoms with van der Waals surface area (Å²) >= 11 is 3.45. The van der Waals surface area contributed by atoms with Crippen LogP contribution in [-0.4, -0.2) is 29.8 Å². The molecule has 0 spiro atoms. The summed E-state index contributed by atoms with van der Waals surface area (Å²) in [6, 6.07) is 11.7. The number of ether oxygens (including phenoxy) is 1. The van der Waals surface area contributed by atoms with Crippen molar-refractivity contribution < 1.29 is 13.9 Å². The van der Waals surface area contributed by atoms with Crippen molar-refractivity contribution >= 4 is 21.8 Å². The summed E-state index contributed by atoms with van der Waals surface area (Å²) in [5, 5.41) is 9.62. The second-order valence-corrected chi connectivity index (χ2v) is 6.49. The average molecular weight is 418 g/mol. The molecule has 0 fully saturated rings. The van der Waals surface area contributed by atoms with Crippen molar-refractivity contribution in [3.05, 3.63) is 70.1 Å². The van der Waals surface area contributed by atoms with Crippen molar-refractivity contribution in [3.63, 3.8) is 0 Å². The van der Waals surface area contributed by atoms with Crippen LogP contribution in [0.15, 0.2) is 53.1 Å². The number of carbonyl (C=O) groups is 1. The zero-order chi connectivity index (χ0) is 18.5. The molecule has 0 unspecified atom stereocenters. The fourth-order valence-corrected chi connectivity index (χ4v) is 3.16. The summed E-state index contributed by atoms with van der Waals surface area (Å²) < 4.78 is 19.2. The van der Waals surface area contributed by atoms with E-state index in [1.54, 1.807) is 19.2 Å². The predicted molar refractivity (Wildman–Crippen MR) is 101 cm³/mol. The number of methoxy groups -OCH3 is 1. The van der Waals surface area contributed by atoms with E-state index in [2.05, 4.69) is 31.4 Å². The third-order valence-corrected chi connectivity index (χ3v) is 4.55. The molecule has 0 atom stereocenters. The van der Waals surface area contributed by atoms with Gasteiger partial charge in [0, 0.05) is 12.1 Å². The van der Waals surface area contributed by atoms with Gasteiger partial charge in [0.05, 0.1) is 29.0 Å². The quantitative estimate of drug-likeness (QED) is 0.637. The summed E-state index contributed by atoms with van der Waals surface area (Å²) in [5.41, 5.74) is 2.76. The van der Waals surface area contributed by atoms with Crippen LogP contribution in [0, 0.1) is 5.82 Å². The molecular weight excluding hydrogens is 401 g/mol. The number of rotatable bonds is 6. The number of benzene rings is 2. The van der Waals surface area contributed by atoms with Gasteiger partial charge in [0.25, 0.3) is 5.91 Å². The van der Waals surface area contributed by atoms with Crippen molar-refractivity contribution in [3.8, 4) is 17.0 Å². The average Bonchev–Trinajstić information content (AvgIpc) is 3.12. The van der Waals surface area contributed by atoms with Crippen LogP contribution in [0.2, 0.25) is 0 Å². The van der Waals surface area contributed by atoms with Crippen molar-refractivity contribution in [2.75, 3.05) is 13.7 Å². The molecule has 1 aromatic heterocycles. The molecule has 0 aliphatic heterocycles. The van der Waals surface area contributed by atoms with E-state index in [9.17, 15) is 9.18 Å². The molecule has 7 heteroatoms. The van der Waals surface area contributed by atoms with Crippen molar-refractivity contribution in [1.29, 1.82) is 0 Å². The number of amides is 1. The van der Waals surface area contributed by atoms with Gasteiger partial charge < -0.3 is 10.1 Å². The topological polar surface area (TPSA) is 67.0 Å². The molecule has 26 heavy (non-hydrogen) atoms. The van der Waals surface area contributed by atoms with Gasteiger partial charge in [0.2, 0.25) is 0 Å². The fourth-order valence-electron chi connectivity index (χ4n) is 2.58. The minimum atomic E-state index is -0.329. The number of hydrogen-bond acceptors (Lipinski definition) is 3. The molecule has 0 aliphatic carbocycles. The van der Waals surface area contributed by atoms with Crippen LogP contribution in [0.3, 0.4) is 0 Å². The minimum absolute atomic E-state index is 0.231. The van der Waals surface area contributed by atoms with Crippen molar-refractivity contribution in [2.45, 2.75) is 6.42 Å². The highest BCUT2D eigenvalue weighted by molar-refractivity contribution is 9.10. The van der Waals surface area contributed by atoms with Crippen molar-refractivity contribution in [2.24, 2.45) is 0 Å². The maximum Gasteiger partial charge on any atom is 0.255 e. The number of nitrogens with one attached hydrogen (secondary N) is 2. The van der Waals surface area contributed by atoms with Crippen LogP contribution in [0.4, 0.5) is 4.39 Å². The van der Waals surface area contributed by atoms with Crippen molar-refractivity contribution in [1.82, 2.24) is 15.5 Å². The van der Waals surface area contributed by atoms with Gasteiger partial charge in [0.15, 0.2) is 0 Å². The molecule has 134 valence electrons. The van der Waals surface area contributed by atoms with Gasteiger partial charge in [-0.3, -0.25) is 9.89 Å². The Balaban J connectivity index is 1.63. The van der Waals surface area contributed by atoms with Crippen LogP contribution < -0.4 is 10.1 Å². The molecule has 1 amide bonds. The number of aromatic nitrogens is 2. The van der Waals surface area contributed by atoms with Gasteiger partial charge >= 0.3 is 0 Å². The molecule has 2 aromatic carbocycles. The van der Waals surface area contributed by atoms with E-state index >= 15 is 0 Å². The first kappa shape index (κ1) is 18.1. The van der Waals surface area contributed by atoms with Gasteiger partial charge in [0.1, 0.15) is 11.6 Å². The van der Waals surface area contributed by atoms with E-state index in [-0.39, 0.29) is 11.7 Å². The van der Waals surface area contributed by atoms with Crippen LogP contribution in [0.1, 0.15) is 15.9 Å². The highest BCUT2D eigenvalue weighted by Crippen LogP contribution is 2.25. The summed E-state index contributed by atoms with van der Waals surface area (Å²) in [5.74, 6) is 0.204. The fraction of sp³-hybridized carbons (Fsp3) is 0.158. The Morgan fingerprint density at radius 1 is 1.27 bits per heavy atom. The molecule has 0 saturated carbocycles. The molecule has 3 aromatic rings. The molecule has 0 radical (unpaired) electrons. The lowest BCUT2D eigenvalue weighted by Crippen LogP contribution is -2.25. The summed E-state index contributed by atoms with van der Waals surface area (Å²) in [4.78, 5) is 12.5. The molecule has 2 N–H and O–H groups in total. The SMILES string of the molecule is COc1ccc(CCNC(=O)c2cn[nH]c2-c2ccc(F)cc2)cc1Br. The predicted octanol–water partition coefficient (Wildman–Crippen LogP) is 3.96. The third-order valence-electron chi connectivity index (χ3n) is 3.93. The number of H-pyrrole nitrogens is 1. The van der Waals surface area contributed by atoms with E-state index in [4.69, 9.17) is 4.74 Å². The Morgan fingerprint density at radius 2 is 2.04 bits per heavy atom. The lowest BCUT2D eigenvalue weighted by molar-refractivity contribution is 0.0955. The zero-order valence-corrected chi connectivity index (χ0v) is 15.6. The van der Waals surface area contributed by atoms with E-state index < -0.39 is 0 Å². The second-order valence-electron chi connectivity index (χ2n) is 5.64. The van der Waals surface area contributed by atoms with E-state index in [0.29, 0.717) is 29.8 Å². The Morgan fingerprint density at radius 3 is 2.73 bits per heavy atom. The van der Waals surface area contributed by atoms with Gasteiger partial charge in [-0.2, -0.15) is 5.10 Å². The first-order valence-electron chi connectivity index (χ1n) is 7.98. The molecular formula is C19H17BrFN3O2. The molecule has 0 bridgehead atoms. The van der Waals surface area contributed by atoms with Gasteiger partial charge in [-0.15, -0.1) is 0 Å². The number of aromatic amines is 1. The number of nitrogens with zero attached hydrogens (tertiary/aromatic N) is 1. The number of carbonyl (C=O) groups excluding carboxylic acids is 1. The van der Waals surface area contributed by atoms with Gasteiger partial charge in [-0.25, -0.2) is 4.39 Å². The highest BCUT2D eigenvalue weighted by Gasteiger charge is 2.15. The standard InChI is InChI=1S/C19H17BrFN3O2/c1-26-17-7-2-12(10-16(17)20)8-9-22-19(25)15-11-23-24-18(15)13-3-5-14(21)6-4-13/h2-7,10-11H,8-9H2,1H3,(H,22,25)(H,23,24). The smallest absolute Gasteiger partial charge is 0.255 e. The first-order valence-corrected chi connectivity index (χ1v) is 8.77. The lowest BCUT2D eigenvalue weighted by Gasteiger charge is -2.08. The van der Waals surface area contributed by atoms with E-state index in [1.165, 1.54) is 18.3 Å². The van der Waals surface area contributed by atoms with E-state index in [1.807, 2.05) is 18.2 Å². The normalized spacial score (nSPS) is 10.6. The zero-order valence-electron chi connectivity index (χ0n) is 14.1. The highest BCUT2D eigenvalue weighted by atomic mass is 79.9. The lowest BCUT2D eigenvalue weighted by atomic mass is 10.1. The summed E-state index contributed by atoms with van der Waals surface area (Å²) in [6.07, 6.45) is 2.15. The molecule has 0 aliphatic rings. The monoisotopic (exact) mass is 417 g/mol. The van der Waals surface area contributed by atoms with Crippen LogP contribution in [0.5, 0.6) is 5.75 Å². The molecule has 1 heterocycles. The van der Waals surface area contributed by atoms with E-state index in [0.717, 1.165) is 15.8 Å². The Labute approximate surface area is 158 Å². The van der Waals surface area contributed by atoms with Gasteiger partial charge in [-0.1, -0.05) is 6.07 Å². The number of hydrogen-bond donors (Lipinski definition) is 2. The second kappa shape index (κ2) is 8.14. The number of halogens is 2. The van der Waals surface area contributed by atoms with Crippen LogP contribution in [0.25, 0.3) is 11.3 Å². The largest absolute Gasteiger partial charge is 0.496 e. The maximum absolute atomic E-state index is 13.1. The Bertz CT molecular complexity index is 909. The molecule has 5 nitrogen and oxygen atoms in total. The molecule has 0 saturated heterocycles. The minimum Gasteiger partial charge on any atom is -0.496 e. The third kappa shape index (κ3) is 4.11. The molecule has 3 rings (SSSR count). The van der Waals surface area contributed by atoms with Crippen LogP contribution >= 0.6 is 15.9 Å². The van der Waals surface area contributed by atoms with Crippen LogP contribution in [-0.2, 0) is 6.42 Å². The van der Waals surface area contributed by atoms with Gasteiger partial charge in [-0.05, 0) is 64.3 Å². The first-order chi connectivity index (χ1) is 12.6. The Kier molecular flexibility index (Phi) is 5.68.